The molecule has 0 radical (unpaired) electrons. The minimum Gasteiger partial charge on any atom is -0.369 e. The van der Waals surface area contributed by atoms with E-state index in [9.17, 15) is 0 Å². The Labute approximate surface area is 147 Å². The highest BCUT2D eigenvalue weighted by Crippen LogP contribution is 2.19. The van der Waals surface area contributed by atoms with Crippen molar-refractivity contribution in [2.45, 2.75) is 6.92 Å². The normalized spacial score (nSPS) is 15.1. The van der Waals surface area contributed by atoms with Crippen LogP contribution in [-0.2, 0) is 0 Å². The summed E-state index contributed by atoms with van der Waals surface area (Å²) in [5.41, 5.74) is 3.68. The van der Waals surface area contributed by atoms with Crippen molar-refractivity contribution in [2.24, 2.45) is 0 Å². The van der Waals surface area contributed by atoms with Crippen LogP contribution < -0.4 is 4.90 Å². The Morgan fingerprint density at radius 2 is 1.57 bits per heavy atom. The summed E-state index contributed by atoms with van der Waals surface area (Å²) in [6.45, 7) is 7.21. The molecule has 1 fully saturated rings. The number of halogens is 1. The van der Waals surface area contributed by atoms with E-state index < -0.39 is 0 Å². The molecule has 0 aromatic heterocycles. The summed E-state index contributed by atoms with van der Waals surface area (Å²) in [5.74, 6) is 6.56. The maximum atomic E-state index is 3.49. The van der Waals surface area contributed by atoms with Crippen LogP contribution in [0.4, 0.5) is 5.69 Å². The predicted molar refractivity (Wildman–Crippen MR) is 101 cm³/mol. The van der Waals surface area contributed by atoms with E-state index in [0.29, 0.717) is 0 Å². The molecule has 2 nitrogen and oxygen atoms in total. The third kappa shape index (κ3) is 4.60. The van der Waals surface area contributed by atoms with E-state index in [4.69, 9.17) is 0 Å². The van der Waals surface area contributed by atoms with Crippen LogP contribution in [0.1, 0.15) is 11.1 Å². The van der Waals surface area contributed by atoms with Crippen LogP contribution in [0, 0.1) is 18.8 Å². The first-order chi connectivity index (χ1) is 11.2. The maximum Gasteiger partial charge on any atom is 0.0606 e. The zero-order valence-electron chi connectivity index (χ0n) is 13.4. The number of hydrogen-bond donors (Lipinski definition) is 0. The molecule has 1 aliphatic heterocycles. The zero-order valence-corrected chi connectivity index (χ0v) is 15.0. The van der Waals surface area contributed by atoms with Crippen molar-refractivity contribution >= 4 is 21.6 Å². The van der Waals surface area contributed by atoms with Crippen molar-refractivity contribution in [2.75, 3.05) is 37.6 Å². The summed E-state index contributed by atoms with van der Waals surface area (Å²) in [7, 11) is 0. The van der Waals surface area contributed by atoms with Crippen LogP contribution >= 0.6 is 15.9 Å². The summed E-state index contributed by atoms with van der Waals surface area (Å²) in [4.78, 5) is 4.87. The number of anilines is 1. The van der Waals surface area contributed by atoms with Crippen LogP contribution in [0.3, 0.4) is 0 Å². The fourth-order valence-electron chi connectivity index (χ4n) is 2.71. The van der Waals surface area contributed by atoms with Crippen molar-refractivity contribution < 1.29 is 0 Å². The van der Waals surface area contributed by atoms with Gasteiger partial charge in [0.05, 0.1) is 6.54 Å². The van der Waals surface area contributed by atoms with Gasteiger partial charge >= 0.3 is 0 Å². The molecule has 3 heteroatoms. The smallest absolute Gasteiger partial charge is 0.0606 e. The number of nitrogens with zero attached hydrogens (tertiary/aromatic N) is 2. The van der Waals surface area contributed by atoms with Gasteiger partial charge in [0.15, 0.2) is 0 Å². The fraction of sp³-hybridized carbons (Fsp3) is 0.300. The number of hydrogen-bond acceptors (Lipinski definition) is 2. The van der Waals surface area contributed by atoms with Gasteiger partial charge < -0.3 is 4.90 Å². The first-order valence-corrected chi connectivity index (χ1v) is 8.78. The number of rotatable bonds is 2. The van der Waals surface area contributed by atoms with Crippen molar-refractivity contribution in [1.29, 1.82) is 0 Å². The Kier molecular flexibility index (Phi) is 5.38. The van der Waals surface area contributed by atoms with Crippen molar-refractivity contribution in [3.8, 4) is 11.8 Å². The standard InChI is InChI=1S/C20H21BrN2/c1-17-4-6-18(7-5-17)3-2-12-22-13-15-23(16-14-22)20-10-8-19(21)9-11-20/h4-11H,12-16H2,1H3. The van der Waals surface area contributed by atoms with Crippen LogP contribution in [-0.4, -0.2) is 37.6 Å². The number of piperazine rings is 1. The Morgan fingerprint density at radius 1 is 0.913 bits per heavy atom. The van der Waals surface area contributed by atoms with Gasteiger partial charge in [-0.2, -0.15) is 0 Å². The lowest BCUT2D eigenvalue weighted by atomic mass is 10.1. The molecule has 0 atom stereocenters. The average Bonchev–Trinajstić information content (AvgIpc) is 2.58. The largest absolute Gasteiger partial charge is 0.369 e. The van der Waals surface area contributed by atoms with E-state index >= 15 is 0 Å². The Morgan fingerprint density at radius 3 is 2.22 bits per heavy atom. The van der Waals surface area contributed by atoms with Crippen LogP contribution in [0.15, 0.2) is 53.0 Å². The van der Waals surface area contributed by atoms with Gasteiger partial charge in [-0.25, -0.2) is 0 Å². The molecule has 23 heavy (non-hydrogen) atoms. The molecule has 0 unspecified atom stereocenters. The highest BCUT2D eigenvalue weighted by atomic mass is 79.9. The topological polar surface area (TPSA) is 6.48 Å². The van der Waals surface area contributed by atoms with Crippen molar-refractivity contribution in [1.82, 2.24) is 4.90 Å². The van der Waals surface area contributed by atoms with Gasteiger partial charge in [-0.15, -0.1) is 0 Å². The molecule has 0 aliphatic carbocycles. The minimum absolute atomic E-state index is 0.849. The monoisotopic (exact) mass is 368 g/mol. The van der Waals surface area contributed by atoms with E-state index in [0.717, 1.165) is 42.8 Å². The summed E-state index contributed by atoms with van der Waals surface area (Å²) < 4.78 is 1.13. The quantitative estimate of drug-likeness (QED) is 0.741. The van der Waals surface area contributed by atoms with E-state index in [1.165, 1.54) is 11.3 Å². The minimum atomic E-state index is 0.849. The molecule has 1 aliphatic rings. The van der Waals surface area contributed by atoms with Gasteiger partial charge in [0.2, 0.25) is 0 Å². The maximum absolute atomic E-state index is 3.49. The fourth-order valence-corrected chi connectivity index (χ4v) is 2.97. The van der Waals surface area contributed by atoms with Crippen molar-refractivity contribution in [3.63, 3.8) is 0 Å². The summed E-state index contributed by atoms with van der Waals surface area (Å²) >= 11 is 3.49. The van der Waals surface area contributed by atoms with Gasteiger partial charge in [0, 0.05) is 41.9 Å². The molecular formula is C20H21BrN2. The second kappa shape index (κ2) is 7.68. The summed E-state index contributed by atoms with van der Waals surface area (Å²) in [6.07, 6.45) is 0. The Balaban J connectivity index is 1.50. The molecule has 2 aromatic carbocycles. The van der Waals surface area contributed by atoms with Gasteiger partial charge in [0.1, 0.15) is 0 Å². The second-order valence-electron chi connectivity index (χ2n) is 5.91. The molecule has 2 aromatic rings. The molecule has 0 N–H and O–H groups in total. The van der Waals surface area contributed by atoms with Gasteiger partial charge in [-0.3, -0.25) is 4.90 Å². The van der Waals surface area contributed by atoms with Crippen LogP contribution in [0.25, 0.3) is 0 Å². The molecular weight excluding hydrogens is 348 g/mol. The molecule has 0 amide bonds. The first kappa shape index (κ1) is 16.1. The molecule has 1 heterocycles. The third-order valence-corrected chi connectivity index (χ3v) is 4.68. The first-order valence-electron chi connectivity index (χ1n) is 7.99. The lowest BCUT2D eigenvalue weighted by Crippen LogP contribution is -2.46. The molecule has 3 rings (SSSR count). The summed E-state index contributed by atoms with van der Waals surface area (Å²) in [6, 6.07) is 17.0. The van der Waals surface area contributed by atoms with Gasteiger partial charge in [0.25, 0.3) is 0 Å². The molecule has 0 spiro atoms. The van der Waals surface area contributed by atoms with Crippen LogP contribution in [0.2, 0.25) is 0 Å². The van der Waals surface area contributed by atoms with E-state index in [2.05, 4.69) is 93.0 Å². The van der Waals surface area contributed by atoms with E-state index in [1.807, 2.05) is 0 Å². The predicted octanol–water partition coefficient (Wildman–Crippen LogP) is 3.93. The highest BCUT2D eigenvalue weighted by molar-refractivity contribution is 9.10. The van der Waals surface area contributed by atoms with Gasteiger partial charge in [-0.1, -0.05) is 45.5 Å². The molecule has 1 saturated heterocycles. The van der Waals surface area contributed by atoms with E-state index in [1.54, 1.807) is 0 Å². The third-order valence-electron chi connectivity index (χ3n) is 4.15. The Bertz CT molecular complexity index is 687. The number of benzene rings is 2. The Hall–Kier alpha value is -1.76. The number of aryl methyl sites for hydroxylation is 1. The lowest BCUT2D eigenvalue weighted by molar-refractivity contribution is 0.288. The van der Waals surface area contributed by atoms with E-state index in [-0.39, 0.29) is 0 Å². The second-order valence-corrected chi connectivity index (χ2v) is 6.82. The zero-order chi connectivity index (χ0) is 16.1. The SMILES string of the molecule is Cc1ccc(C#CCN2CCN(c3ccc(Br)cc3)CC2)cc1. The van der Waals surface area contributed by atoms with Gasteiger partial charge in [-0.05, 0) is 43.3 Å². The lowest BCUT2D eigenvalue weighted by Gasteiger charge is -2.35. The molecule has 0 saturated carbocycles. The summed E-state index contributed by atoms with van der Waals surface area (Å²) in [5, 5.41) is 0. The highest BCUT2D eigenvalue weighted by Gasteiger charge is 2.16. The van der Waals surface area contributed by atoms with Crippen LogP contribution in [0.5, 0.6) is 0 Å². The average molecular weight is 369 g/mol. The molecule has 0 bridgehead atoms. The van der Waals surface area contributed by atoms with Crippen molar-refractivity contribution in [3.05, 3.63) is 64.1 Å². The molecule has 118 valence electrons.